The Labute approximate surface area is 181 Å². The van der Waals surface area contributed by atoms with Crippen molar-refractivity contribution in [3.05, 3.63) is 71.9 Å². The summed E-state index contributed by atoms with van der Waals surface area (Å²) in [5.41, 5.74) is 3.53. The second-order valence-electron chi connectivity index (χ2n) is 7.72. The van der Waals surface area contributed by atoms with Crippen LogP contribution in [0.1, 0.15) is 34.5 Å². The SMILES string of the molecule is CON=C1CC(c2noc(CN(C)C)n2)N(C(=O)c2ccc(-c3ccccc3)cc2)C1. The molecule has 1 amide bonds. The highest BCUT2D eigenvalue weighted by atomic mass is 16.6. The summed E-state index contributed by atoms with van der Waals surface area (Å²) in [6.45, 7) is 0.892. The van der Waals surface area contributed by atoms with Crippen molar-refractivity contribution in [3.63, 3.8) is 0 Å². The van der Waals surface area contributed by atoms with Crippen LogP contribution in [0.3, 0.4) is 0 Å². The summed E-state index contributed by atoms with van der Waals surface area (Å²) >= 11 is 0. The number of benzene rings is 2. The molecule has 1 atom stereocenters. The number of oxime groups is 1. The molecule has 4 rings (SSSR count). The van der Waals surface area contributed by atoms with Gasteiger partial charge in [0.25, 0.3) is 5.91 Å². The Balaban J connectivity index is 1.58. The molecular formula is C23H25N5O3. The molecule has 2 aromatic carbocycles. The van der Waals surface area contributed by atoms with Gasteiger partial charge in [0.05, 0.1) is 18.8 Å². The Kier molecular flexibility index (Phi) is 6.08. The first-order chi connectivity index (χ1) is 15.0. The fraction of sp³-hybridized carbons (Fsp3) is 0.304. The molecule has 0 radical (unpaired) electrons. The van der Waals surface area contributed by atoms with E-state index in [2.05, 4.69) is 15.3 Å². The monoisotopic (exact) mass is 419 g/mol. The van der Waals surface area contributed by atoms with Crippen LogP contribution in [0, 0.1) is 0 Å². The van der Waals surface area contributed by atoms with Gasteiger partial charge < -0.3 is 19.2 Å². The van der Waals surface area contributed by atoms with Gasteiger partial charge in [0.15, 0.2) is 5.82 Å². The lowest BCUT2D eigenvalue weighted by molar-refractivity contribution is 0.0732. The molecule has 2 heterocycles. The van der Waals surface area contributed by atoms with Crippen LogP contribution in [-0.4, -0.2) is 59.3 Å². The standard InChI is InChI=1S/C23H25N5O3/c1-27(2)15-21-24-22(26-31-21)20-13-19(25-30-3)14-28(20)23(29)18-11-9-17(10-12-18)16-7-5-4-6-8-16/h4-12,20H,13-15H2,1-3H3. The summed E-state index contributed by atoms with van der Waals surface area (Å²) < 4.78 is 5.37. The third kappa shape index (κ3) is 4.64. The van der Waals surface area contributed by atoms with Crippen LogP contribution >= 0.6 is 0 Å². The summed E-state index contributed by atoms with van der Waals surface area (Å²) in [6, 6.07) is 17.3. The third-order valence-corrected chi connectivity index (χ3v) is 5.11. The smallest absolute Gasteiger partial charge is 0.254 e. The molecule has 0 bridgehead atoms. The van der Waals surface area contributed by atoms with Crippen molar-refractivity contribution in [1.82, 2.24) is 19.9 Å². The number of carbonyl (C=O) groups is 1. The van der Waals surface area contributed by atoms with Gasteiger partial charge in [-0.05, 0) is 37.4 Å². The fourth-order valence-corrected chi connectivity index (χ4v) is 3.68. The van der Waals surface area contributed by atoms with Gasteiger partial charge in [-0.3, -0.25) is 4.79 Å². The van der Waals surface area contributed by atoms with Crippen molar-refractivity contribution >= 4 is 11.6 Å². The minimum atomic E-state index is -0.352. The van der Waals surface area contributed by atoms with Crippen LogP contribution in [0.25, 0.3) is 11.1 Å². The van der Waals surface area contributed by atoms with Crippen LogP contribution < -0.4 is 0 Å². The van der Waals surface area contributed by atoms with E-state index >= 15 is 0 Å². The van der Waals surface area contributed by atoms with Gasteiger partial charge in [-0.15, -0.1) is 0 Å². The van der Waals surface area contributed by atoms with E-state index in [1.165, 1.54) is 7.11 Å². The van der Waals surface area contributed by atoms with Gasteiger partial charge in [0, 0.05) is 12.0 Å². The topological polar surface area (TPSA) is 84.1 Å². The summed E-state index contributed by atoms with van der Waals surface area (Å²) in [5, 5.41) is 8.19. The number of hydrogen-bond acceptors (Lipinski definition) is 7. The van der Waals surface area contributed by atoms with E-state index in [0.29, 0.717) is 36.8 Å². The Morgan fingerprint density at radius 1 is 1.16 bits per heavy atom. The molecule has 1 unspecified atom stereocenters. The number of amides is 1. The van der Waals surface area contributed by atoms with E-state index in [1.807, 2.05) is 73.6 Å². The number of nitrogens with zero attached hydrogens (tertiary/aromatic N) is 5. The largest absolute Gasteiger partial charge is 0.399 e. The molecule has 8 heteroatoms. The second-order valence-corrected chi connectivity index (χ2v) is 7.72. The van der Waals surface area contributed by atoms with E-state index in [0.717, 1.165) is 16.8 Å². The highest BCUT2D eigenvalue weighted by Crippen LogP contribution is 2.31. The predicted octanol–water partition coefficient (Wildman–Crippen LogP) is 3.39. The molecule has 1 aromatic heterocycles. The van der Waals surface area contributed by atoms with Gasteiger partial charge in [-0.2, -0.15) is 4.98 Å². The van der Waals surface area contributed by atoms with Crippen LogP contribution in [0.5, 0.6) is 0 Å². The van der Waals surface area contributed by atoms with Crippen molar-refractivity contribution in [2.75, 3.05) is 27.7 Å². The molecule has 3 aromatic rings. The van der Waals surface area contributed by atoms with E-state index in [1.54, 1.807) is 4.90 Å². The number of likely N-dealkylation sites (tertiary alicyclic amines) is 1. The lowest BCUT2D eigenvalue weighted by Crippen LogP contribution is -2.31. The quantitative estimate of drug-likeness (QED) is 0.570. The molecule has 0 saturated carbocycles. The first-order valence-electron chi connectivity index (χ1n) is 10.1. The second kappa shape index (κ2) is 9.09. The molecule has 1 fully saturated rings. The molecule has 0 spiro atoms. The van der Waals surface area contributed by atoms with E-state index in [9.17, 15) is 4.79 Å². The van der Waals surface area contributed by atoms with Crippen molar-refractivity contribution in [2.24, 2.45) is 5.16 Å². The van der Waals surface area contributed by atoms with Gasteiger partial charge in [-0.1, -0.05) is 52.8 Å². The molecule has 0 aliphatic carbocycles. The average molecular weight is 419 g/mol. The van der Waals surface area contributed by atoms with Crippen molar-refractivity contribution in [2.45, 2.75) is 19.0 Å². The Morgan fingerprint density at radius 3 is 2.55 bits per heavy atom. The number of rotatable bonds is 6. The minimum absolute atomic E-state index is 0.107. The minimum Gasteiger partial charge on any atom is -0.399 e. The van der Waals surface area contributed by atoms with Crippen LogP contribution in [0.15, 0.2) is 64.3 Å². The molecule has 0 N–H and O–H groups in total. The molecule has 8 nitrogen and oxygen atoms in total. The Morgan fingerprint density at radius 2 is 1.87 bits per heavy atom. The van der Waals surface area contributed by atoms with Gasteiger partial charge in [0.1, 0.15) is 13.2 Å². The van der Waals surface area contributed by atoms with E-state index in [-0.39, 0.29) is 11.9 Å². The van der Waals surface area contributed by atoms with Crippen LogP contribution in [-0.2, 0) is 11.4 Å². The maximum Gasteiger partial charge on any atom is 0.254 e. The van der Waals surface area contributed by atoms with Gasteiger partial charge >= 0.3 is 0 Å². The molecule has 1 saturated heterocycles. The zero-order valence-corrected chi connectivity index (χ0v) is 17.9. The summed E-state index contributed by atoms with van der Waals surface area (Å²) in [6.07, 6.45) is 0.503. The lowest BCUT2D eigenvalue weighted by Gasteiger charge is -2.21. The first-order valence-corrected chi connectivity index (χ1v) is 10.1. The predicted molar refractivity (Wildman–Crippen MR) is 116 cm³/mol. The number of hydrogen-bond donors (Lipinski definition) is 0. The molecule has 1 aliphatic rings. The molecule has 31 heavy (non-hydrogen) atoms. The molecule has 1 aliphatic heterocycles. The van der Waals surface area contributed by atoms with Gasteiger partial charge in [-0.25, -0.2) is 0 Å². The summed E-state index contributed by atoms with van der Waals surface area (Å²) in [5.74, 6) is 0.883. The zero-order chi connectivity index (χ0) is 21.8. The third-order valence-electron chi connectivity index (χ3n) is 5.11. The van der Waals surface area contributed by atoms with Gasteiger partial charge in [0.2, 0.25) is 5.89 Å². The fourth-order valence-electron chi connectivity index (χ4n) is 3.68. The van der Waals surface area contributed by atoms with E-state index in [4.69, 9.17) is 9.36 Å². The summed E-state index contributed by atoms with van der Waals surface area (Å²) in [7, 11) is 5.35. The molecular weight excluding hydrogens is 394 g/mol. The first kappa shape index (κ1) is 20.7. The van der Waals surface area contributed by atoms with Crippen molar-refractivity contribution in [1.29, 1.82) is 0 Å². The summed E-state index contributed by atoms with van der Waals surface area (Å²) in [4.78, 5) is 26.5. The maximum atomic E-state index is 13.3. The normalized spacial score (nSPS) is 17.5. The maximum absolute atomic E-state index is 13.3. The molecule has 160 valence electrons. The Hall–Kier alpha value is -3.52. The van der Waals surface area contributed by atoms with E-state index < -0.39 is 0 Å². The average Bonchev–Trinajstić information content (AvgIpc) is 3.41. The Bertz CT molecular complexity index is 1060. The van der Waals surface area contributed by atoms with Crippen molar-refractivity contribution in [3.8, 4) is 11.1 Å². The number of carbonyl (C=O) groups excluding carboxylic acids is 1. The number of aromatic nitrogens is 2. The van der Waals surface area contributed by atoms with Crippen LogP contribution in [0.2, 0.25) is 0 Å². The van der Waals surface area contributed by atoms with Crippen molar-refractivity contribution < 1.29 is 14.2 Å². The van der Waals surface area contributed by atoms with Crippen LogP contribution in [0.4, 0.5) is 0 Å². The zero-order valence-electron chi connectivity index (χ0n) is 17.9. The highest BCUT2D eigenvalue weighted by molar-refractivity contribution is 6.00. The highest BCUT2D eigenvalue weighted by Gasteiger charge is 2.37. The lowest BCUT2D eigenvalue weighted by atomic mass is 10.0.